The first kappa shape index (κ1) is 16.6. The average Bonchev–Trinajstić information content (AvgIpc) is 2.48. The van der Waals surface area contributed by atoms with Crippen molar-refractivity contribution in [3.05, 3.63) is 28.8 Å². The molecule has 0 aliphatic carbocycles. The lowest BCUT2D eigenvalue weighted by Crippen LogP contribution is -2.40. The minimum atomic E-state index is 0.328. The molecule has 1 heterocycles. The Kier molecular flexibility index (Phi) is 6.34. The number of ether oxygens (including phenoxy) is 1. The first-order chi connectivity index (χ1) is 10.1. The van der Waals surface area contributed by atoms with Crippen LogP contribution in [0.4, 0.5) is 5.69 Å². The average molecular weight is 311 g/mol. The third-order valence-electron chi connectivity index (χ3n) is 3.97. The van der Waals surface area contributed by atoms with Crippen molar-refractivity contribution in [2.75, 3.05) is 31.6 Å². The Balaban J connectivity index is 2.10. The Bertz CT molecular complexity index is 450. The lowest BCUT2D eigenvalue weighted by atomic mass is 10.0. The maximum absolute atomic E-state index is 6.21. The summed E-state index contributed by atoms with van der Waals surface area (Å²) in [5.74, 6) is 0.661. The summed E-state index contributed by atoms with van der Waals surface area (Å²) in [6.07, 6.45) is 2.65. The van der Waals surface area contributed by atoms with Crippen LogP contribution in [0, 0.1) is 5.92 Å². The molecule has 1 aliphatic rings. The first-order valence-corrected chi connectivity index (χ1v) is 8.25. The Morgan fingerprint density at radius 2 is 2.24 bits per heavy atom. The van der Waals surface area contributed by atoms with Gasteiger partial charge in [-0.25, -0.2) is 0 Å². The Morgan fingerprint density at radius 3 is 2.95 bits per heavy atom. The number of rotatable bonds is 6. The molecule has 0 radical (unpaired) electrons. The molecule has 4 heteroatoms. The van der Waals surface area contributed by atoms with Crippen molar-refractivity contribution >= 4 is 17.3 Å². The van der Waals surface area contributed by atoms with Gasteiger partial charge in [0, 0.05) is 37.5 Å². The number of benzene rings is 1. The van der Waals surface area contributed by atoms with Crippen molar-refractivity contribution in [3.8, 4) is 0 Å². The summed E-state index contributed by atoms with van der Waals surface area (Å²) in [6, 6.07) is 6.21. The van der Waals surface area contributed by atoms with Gasteiger partial charge >= 0.3 is 0 Å². The summed E-state index contributed by atoms with van der Waals surface area (Å²) in [5, 5.41) is 4.33. The highest BCUT2D eigenvalue weighted by molar-refractivity contribution is 6.30. The number of halogens is 1. The summed E-state index contributed by atoms with van der Waals surface area (Å²) < 4.78 is 5.54. The van der Waals surface area contributed by atoms with Crippen LogP contribution in [0.2, 0.25) is 5.02 Å². The zero-order valence-electron chi connectivity index (χ0n) is 13.4. The Labute approximate surface area is 133 Å². The van der Waals surface area contributed by atoms with Crippen LogP contribution in [0.3, 0.4) is 0 Å². The van der Waals surface area contributed by atoms with Gasteiger partial charge in [-0.1, -0.05) is 31.5 Å². The smallest absolute Gasteiger partial charge is 0.0746 e. The summed E-state index contributed by atoms with van der Waals surface area (Å²) >= 11 is 6.21. The molecule has 0 amide bonds. The van der Waals surface area contributed by atoms with Gasteiger partial charge in [-0.2, -0.15) is 0 Å². The van der Waals surface area contributed by atoms with Crippen LogP contribution >= 0.6 is 11.6 Å². The molecule has 1 aliphatic heterocycles. The zero-order chi connectivity index (χ0) is 15.2. The van der Waals surface area contributed by atoms with Gasteiger partial charge in [0.1, 0.15) is 0 Å². The topological polar surface area (TPSA) is 24.5 Å². The molecule has 0 spiro atoms. The number of hydrogen-bond acceptors (Lipinski definition) is 3. The maximum Gasteiger partial charge on any atom is 0.0746 e. The second-order valence-corrected chi connectivity index (χ2v) is 6.68. The third kappa shape index (κ3) is 4.87. The van der Waals surface area contributed by atoms with Gasteiger partial charge in [0.05, 0.1) is 6.10 Å². The molecule has 1 N–H and O–H groups in total. The van der Waals surface area contributed by atoms with Crippen LogP contribution in [0.25, 0.3) is 0 Å². The summed E-state index contributed by atoms with van der Waals surface area (Å²) in [7, 11) is 1.80. The van der Waals surface area contributed by atoms with E-state index in [1.165, 1.54) is 17.7 Å². The quantitative estimate of drug-likeness (QED) is 0.867. The van der Waals surface area contributed by atoms with Gasteiger partial charge in [0.25, 0.3) is 0 Å². The zero-order valence-corrected chi connectivity index (χ0v) is 14.1. The molecule has 1 aromatic carbocycles. The van der Waals surface area contributed by atoms with E-state index >= 15 is 0 Å². The maximum atomic E-state index is 6.21. The number of anilines is 1. The SMILES string of the molecule is COC1CCCN(c2cc(Cl)ccc2CNCC(C)C)C1. The van der Waals surface area contributed by atoms with Crippen molar-refractivity contribution in [3.63, 3.8) is 0 Å². The largest absolute Gasteiger partial charge is 0.380 e. The van der Waals surface area contributed by atoms with Crippen LogP contribution in [0.15, 0.2) is 18.2 Å². The molecule has 21 heavy (non-hydrogen) atoms. The fourth-order valence-electron chi connectivity index (χ4n) is 2.83. The molecule has 1 aromatic rings. The summed E-state index contributed by atoms with van der Waals surface area (Å²) in [6.45, 7) is 8.40. The van der Waals surface area contributed by atoms with Crippen molar-refractivity contribution < 1.29 is 4.74 Å². The molecule has 0 aromatic heterocycles. The molecule has 1 fully saturated rings. The Morgan fingerprint density at radius 1 is 1.43 bits per heavy atom. The standard InChI is InChI=1S/C17H27ClN2O/c1-13(2)10-19-11-14-6-7-15(18)9-17(14)20-8-4-5-16(12-20)21-3/h6-7,9,13,16,19H,4-5,8,10-12H2,1-3H3. The number of nitrogens with zero attached hydrogens (tertiary/aromatic N) is 1. The highest BCUT2D eigenvalue weighted by Gasteiger charge is 2.21. The lowest BCUT2D eigenvalue weighted by Gasteiger charge is -2.35. The number of piperidine rings is 1. The van der Waals surface area contributed by atoms with E-state index in [1.807, 2.05) is 6.07 Å². The van der Waals surface area contributed by atoms with Crippen molar-refractivity contribution in [2.24, 2.45) is 5.92 Å². The van der Waals surface area contributed by atoms with Gasteiger partial charge in [-0.3, -0.25) is 0 Å². The monoisotopic (exact) mass is 310 g/mol. The van der Waals surface area contributed by atoms with Crippen LogP contribution < -0.4 is 10.2 Å². The van der Waals surface area contributed by atoms with E-state index < -0.39 is 0 Å². The lowest BCUT2D eigenvalue weighted by molar-refractivity contribution is 0.0893. The van der Waals surface area contributed by atoms with Gasteiger partial charge in [-0.05, 0) is 43.0 Å². The van der Waals surface area contributed by atoms with Crippen molar-refractivity contribution in [1.82, 2.24) is 5.32 Å². The van der Waals surface area contributed by atoms with E-state index in [0.717, 1.165) is 37.6 Å². The third-order valence-corrected chi connectivity index (χ3v) is 4.20. The minimum absolute atomic E-state index is 0.328. The van der Waals surface area contributed by atoms with Gasteiger partial charge in [-0.15, -0.1) is 0 Å². The van der Waals surface area contributed by atoms with Crippen LogP contribution in [0.5, 0.6) is 0 Å². The highest BCUT2D eigenvalue weighted by atomic mass is 35.5. The molecular formula is C17H27ClN2O. The van der Waals surface area contributed by atoms with Gasteiger partial charge < -0.3 is 15.0 Å². The fourth-order valence-corrected chi connectivity index (χ4v) is 2.99. The van der Waals surface area contributed by atoms with E-state index in [0.29, 0.717) is 12.0 Å². The highest BCUT2D eigenvalue weighted by Crippen LogP contribution is 2.28. The molecule has 118 valence electrons. The summed E-state index contributed by atoms with van der Waals surface area (Å²) in [5.41, 5.74) is 2.57. The van der Waals surface area contributed by atoms with Gasteiger partial charge in [0.2, 0.25) is 0 Å². The predicted octanol–water partition coefficient (Wildman–Crippen LogP) is 3.70. The molecule has 3 nitrogen and oxygen atoms in total. The Hall–Kier alpha value is -0.770. The second kappa shape index (κ2) is 8.02. The molecule has 1 atom stereocenters. The van der Waals surface area contributed by atoms with Crippen LogP contribution in [-0.2, 0) is 11.3 Å². The van der Waals surface area contributed by atoms with E-state index in [4.69, 9.17) is 16.3 Å². The van der Waals surface area contributed by atoms with Crippen LogP contribution in [0.1, 0.15) is 32.3 Å². The molecule has 0 bridgehead atoms. The van der Waals surface area contributed by atoms with Crippen LogP contribution in [-0.4, -0.2) is 32.8 Å². The number of nitrogens with one attached hydrogen (secondary N) is 1. The van der Waals surface area contributed by atoms with Gasteiger partial charge in [0.15, 0.2) is 0 Å². The van der Waals surface area contributed by atoms with E-state index in [9.17, 15) is 0 Å². The molecule has 1 unspecified atom stereocenters. The van der Waals surface area contributed by atoms with E-state index in [1.54, 1.807) is 7.11 Å². The first-order valence-electron chi connectivity index (χ1n) is 7.87. The molecule has 0 saturated carbocycles. The molecule has 1 saturated heterocycles. The predicted molar refractivity (Wildman–Crippen MR) is 90.2 cm³/mol. The molecular weight excluding hydrogens is 284 g/mol. The molecule has 2 rings (SSSR count). The minimum Gasteiger partial charge on any atom is -0.380 e. The van der Waals surface area contributed by atoms with E-state index in [2.05, 4.69) is 36.2 Å². The second-order valence-electron chi connectivity index (χ2n) is 6.24. The van der Waals surface area contributed by atoms with Crippen molar-refractivity contribution in [2.45, 2.75) is 39.3 Å². The summed E-state index contributed by atoms with van der Waals surface area (Å²) in [4.78, 5) is 2.41. The normalized spacial score (nSPS) is 19.3. The number of hydrogen-bond donors (Lipinski definition) is 1. The van der Waals surface area contributed by atoms with Crippen molar-refractivity contribution in [1.29, 1.82) is 0 Å². The fraction of sp³-hybridized carbons (Fsp3) is 0.647. The van der Waals surface area contributed by atoms with E-state index in [-0.39, 0.29) is 0 Å². The number of methoxy groups -OCH3 is 1.